The molecule has 0 amide bonds. The van der Waals surface area contributed by atoms with Crippen molar-refractivity contribution < 1.29 is 22.3 Å². The Bertz CT molecular complexity index is 234. The maximum absolute atomic E-state index is 7.06. The number of pyridine rings is 1. The van der Waals surface area contributed by atoms with E-state index in [1.165, 1.54) is 4.73 Å². The summed E-state index contributed by atoms with van der Waals surface area (Å²) in [4.78, 5) is 0. The fourth-order valence-electron chi connectivity index (χ4n) is 0.434. The molecule has 0 aliphatic carbocycles. The van der Waals surface area contributed by atoms with Gasteiger partial charge in [-0.3, -0.25) is 0 Å². The second-order valence-electron chi connectivity index (χ2n) is 1.43. The van der Waals surface area contributed by atoms with Gasteiger partial charge in [0.1, 0.15) is 0 Å². The van der Waals surface area contributed by atoms with Gasteiger partial charge < -0.3 is 5.21 Å². The summed E-state index contributed by atoms with van der Waals surface area (Å²) in [5.74, 6) is 0. The maximum Gasteiger partial charge on any atom is 2.00 e. The number of nitrogens with zero attached hydrogens (tertiary/aromatic N) is 1. The van der Waals surface area contributed by atoms with Gasteiger partial charge in [0.2, 0.25) is 0 Å². The van der Waals surface area contributed by atoms with Gasteiger partial charge in [0.25, 0.3) is 0 Å². The molecule has 0 aliphatic rings. The summed E-state index contributed by atoms with van der Waals surface area (Å²) in [6.45, 7) is 0. The number of aromatic nitrogens is 1. The van der Waals surface area contributed by atoms with Crippen LogP contribution in [0, 0.1) is 4.64 Å². The summed E-state index contributed by atoms with van der Waals surface area (Å²) >= 11 is 3.97. The zero-order valence-electron chi connectivity index (χ0n) is 4.51. The molecule has 0 aromatic carbocycles. The fraction of sp³-hybridized carbons (Fsp3) is 0. The van der Waals surface area contributed by atoms with Crippen LogP contribution in [0.4, 0.5) is 0 Å². The van der Waals surface area contributed by atoms with Crippen molar-refractivity contribution in [2.45, 2.75) is 0 Å². The smallest absolute Gasteiger partial charge is 0.484 e. The first kappa shape index (κ1) is 8.69. The van der Waals surface area contributed by atoms with E-state index < -0.39 is 0 Å². The van der Waals surface area contributed by atoms with Crippen LogP contribution in [0.3, 0.4) is 0 Å². The van der Waals surface area contributed by atoms with Crippen molar-refractivity contribution in [3.05, 3.63) is 29.0 Å². The van der Waals surface area contributed by atoms with Crippen LogP contribution in [0.15, 0.2) is 24.4 Å². The topological polar surface area (TPSA) is 27.8 Å². The summed E-state index contributed by atoms with van der Waals surface area (Å²) < 4.78 is 1.84. The molecule has 0 saturated heterocycles. The quantitative estimate of drug-likeness (QED) is 0.236. The van der Waals surface area contributed by atoms with Gasteiger partial charge in [0, 0.05) is 6.07 Å². The van der Waals surface area contributed by atoms with Crippen LogP contribution < -0.4 is 0 Å². The third-order valence-corrected chi connectivity index (χ3v) is 1.20. The largest absolute Gasteiger partial charge is 2.00 e. The van der Waals surface area contributed by atoms with Crippen molar-refractivity contribution in [1.29, 1.82) is 0 Å². The standard InChI is InChI=1S/C5H5NOS.Cu/c7-6-4-2-1-3-5(6)8;/h1-4,7H;/q;+2/p+2. The monoisotopic (exact) mass is 192 g/mol. The first-order valence-electron chi connectivity index (χ1n) is 2.22. The van der Waals surface area contributed by atoms with E-state index in [0.717, 1.165) is 0 Å². The zero-order chi connectivity index (χ0) is 5.98. The summed E-state index contributed by atoms with van der Waals surface area (Å²) in [5, 5.41) is 7.06. The SMILES string of the molecule is [Cu+2].[OH2+]n1ccccc1=[SH+]. The molecule has 1 aromatic heterocycles. The van der Waals surface area contributed by atoms with Gasteiger partial charge in [-0.15, -0.1) is 0 Å². The average Bonchev–Trinajstić information content (AvgIpc) is 1.77. The third kappa shape index (κ3) is 2.18. The zero-order valence-corrected chi connectivity index (χ0v) is 6.34. The molecule has 0 saturated carbocycles. The minimum atomic E-state index is 0. The normalized spacial score (nSPS) is 8.00. The van der Waals surface area contributed by atoms with Crippen molar-refractivity contribution in [3.63, 3.8) is 0 Å². The Morgan fingerprint density at radius 1 is 1.44 bits per heavy atom. The number of hydrogen-bond acceptors (Lipinski definition) is 0. The van der Waals surface area contributed by atoms with Crippen molar-refractivity contribution in [2.24, 2.45) is 0 Å². The van der Waals surface area contributed by atoms with E-state index in [9.17, 15) is 0 Å². The Labute approximate surface area is 68.6 Å². The van der Waals surface area contributed by atoms with Gasteiger partial charge in [0.05, 0.1) is 6.20 Å². The van der Waals surface area contributed by atoms with E-state index in [2.05, 4.69) is 12.2 Å². The first-order chi connectivity index (χ1) is 3.80. The Morgan fingerprint density at radius 2 is 2.11 bits per heavy atom. The van der Waals surface area contributed by atoms with Crippen LogP contribution in [-0.2, 0) is 29.3 Å². The number of thiol groups is 1. The minimum Gasteiger partial charge on any atom is -0.484 e. The van der Waals surface area contributed by atoms with Crippen molar-refractivity contribution in [1.82, 2.24) is 4.73 Å². The van der Waals surface area contributed by atoms with E-state index in [4.69, 9.17) is 5.21 Å². The van der Waals surface area contributed by atoms with Gasteiger partial charge in [0.15, 0.2) is 12.2 Å². The minimum absolute atomic E-state index is 0. The summed E-state index contributed by atoms with van der Waals surface area (Å²) in [6, 6.07) is 5.39. The van der Waals surface area contributed by atoms with Crippen LogP contribution in [-0.4, -0.2) is 9.94 Å². The molecule has 9 heavy (non-hydrogen) atoms. The molecule has 0 spiro atoms. The molecule has 2 nitrogen and oxygen atoms in total. The van der Waals surface area contributed by atoms with Crippen LogP contribution in [0.1, 0.15) is 0 Å². The molecule has 0 aliphatic heterocycles. The molecule has 0 unspecified atom stereocenters. The van der Waals surface area contributed by atoms with Crippen molar-refractivity contribution in [2.75, 3.05) is 0 Å². The van der Waals surface area contributed by atoms with Crippen LogP contribution >= 0.6 is 0 Å². The van der Waals surface area contributed by atoms with Gasteiger partial charge in [-0.05, 0) is 10.8 Å². The van der Waals surface area contributed by atoms with E-state index >= 15 is 0 Å². The molecule has 0 atom stereocenters. The second kappa shape index (κ2) is 3.67. The van der Waals surface area contributed by atoms with E-state index in [0.29, 0.717) is 4.64 Å². The Kier molecular flexibility index (Phi) is 3.54. The maximum atomic E-state index is 7.06. The Hall–Kier alpha value is -0.311. The van der Waals surface area contributed by atoms with Gasteiger partial charge in [-0.1, -0.05) is 6.07 Å². The molecular formula is C5H7CuNOS+4. The predicted octanol–water partition coefficient (Wildman–Crippen LogP) is -0.216. The summed E-state index contributed by atoms with van der Waals surface area (Å²) in [6.07, 6.45) is 1.63. The van der Waals surface area contributed by atoms with Gasteiger partial charge >= 0.3 is 21.7 Å². The van der Waals surface area contributed by atoms with Crippen LogP contribution in [0.2, 0.25) is 0 Å². The molecule has 1 radical (unpaired) electrons. The molecule has 1 heterocycles. The van der Waals surface area contributed by atoms with Crippen molar-refractivity contribution >= 4 is 12.2 Å². The molecule has 0 bridgehead atoms. The van der Waals surface area contributed by atoms with Gasteiger partial charge in [-0.25, -0.2) is 0 Å². The molecular weight excluding hydrogens is 186 g/mol. The predicted molar refractivity (Wildman–Crippen MR) is 35.4 cm³/mol. The summed E-state index contributed by atoms with van der Waals surface area (Å²) in [5.41, 5.74) is 0. The molecule has 1 aromatic rings. The molecule has 1 rings (SSSR count). The van der Waals surface area contributed by atoms with Gasteiger partial charge in [-0.2, -0.15) is 0 Å². The van der Waals surface area contributed by atoms with E-state index in [1.807, 2.05) is 6.07 Å². The Balaban J connectivity index is 0.000000640. The molecule has 51 valence electrons. The van der Waals surface area contributed by atoms with Crippen molar-refractivity contribution in [3.8, 4) is 0 Å². The first-order valence-corrected chi connectivity index (χ1v) is 2.66. The van der Waals surface area contributed by atoms with E-state index in [-0.39, 0.29) is 17.1 Å². The molecule has 2 N–H and O–H groups in total. The van der Waals surface area contributed by atoms with E-state index in [1.54, 1.807) is 18.3 Å². The summed E-state index contributed by atoms with van der Waals surface area (Å²) in [7, 11) is 0. The number of rotatable bonds is 0. The molecule has 4 heteroatoms. The van der Waals surface area contributed by atoms with Crippen LogP contribution in [0.25, 0.3) is 0 Å². The molecule has 0 fully saturated rings. The fourth-order valence-corrected chi connectivity index (χ4v) is 0.587. The average molecular weight is 193 g/mol. The van der Waals surface area contributed by atoms with Crippen LogP contribution in [0.5, 0.6) is 0 Å². The number of hydrogen-bond donors (Lipinski definition) is 0. The Morgan fingerprint density at radius 3 is 2.44 bits per heavy atom. The third-order valence-electron chi connectivity index (χ3n) is 0.838. The second-order valence-corrected chi connectivity index (χ2v) is 1.89.